The lowest BCUT2D eigenvalue weighted by Gasteiger charge is -2.18. The molecule has 0 nitrogen and oxygen atoms in total. The van der Waals surface area contributed by atoms with Gasteiger partial charge in [-0.15, -0.1) is 0 Å². The van der Waals surface area contributed by atoms with Crippen molar-refractivity contribution in [3.05, 3.63) is 6.92 Å². The molecule has 0 aromatic carbocycles. The van der Waals surface area contributed by atoms with Crippen LogP contribution in [0.3, 0.4) is 0 Å². The minimum absolute atomic E-state index is 0.111. The van der Waals surface area contributed by atoms with E-state index in [0.29, 0.717) is 0 Å². The molecule has 4 heteroatoms. The average Bonchev–Trinajstić information content (AvgIpc) is 1.67. The average molecular weight is 373 g/mol. The second-order valence-corrected chi connectivity index (χ2v) is 8.27. The summed E-state index contributed by atoms with van der Waals surface area (Å²) in [7, 11) is 0. The van der Waals surface area contributed by atoms with Crippen LogP contribution in [-0.2, 0) is 0 Å². The zero-order valence-corrected chi connectivity index (χ0v) is 10.3. The summed E-state index contributed by atoms with van der Waals surface area (Å²) in [6.07, 6.45) is 0.772. The molecule has 49 valence electrons. The molecule has 0 unspecified atom stereocenters. The highest BCUT2D eigenvalue weighted by molar-refractivity contribution is 9.30. The monoisotopic (exact) mass is 369 g/mol. The highest BCUT2D eigenvalue weighted by Gasteiger charge is 2.27. The van der Waals surface area contributed by atoms with Gasteiger partial charge in [-0.3, -0.25) is 0 Å². The Balaban J connectivity index is 3.71. The fraction of sp³-hybridized carbons (Fsp3) is 0.750. The first-order chi connectivity index (χ1) is 3.50. The summed E-state index contributed by atoms with van der Waals surface area (Å²) in [5, 5.41) is 0. The van der Waals surface area contributed by atoms with Gasteiger partial charge in [-0.25, -0.2) is 0 Å². The van der Waals surface area contributed by atoms with Crippen LogP contribution in [-0.4, -0.2) is 6.97 Å². The van der Waals surface area contributed by atoms with Gasteiger partial charge in [-0.05, 0) is 6.42 Å². The van der Waals surface area contributed by atoms with Crippen LogP contribution in [0.1, 0.15) is 6.42 Å². The summed E-state index contributed by atoms with van der Waals surface area (Å²) >= 11 is 13.5. The van der Waals surface area contributed by atoms with E-state index < -0.39 is 0 Å². The van der Waals surface area contributed by atoms with Crippen LogP contribution in [0, 0.1) is 6.92 Å². The van der Waals surface area contributed by atoms with E-state index in [2.05, 4.69) is 70.6 Å². The maximum absolute atomic E-state index is 3.72. The number of rotatable bonds is 2. The fourth-order valence-corrected chi connectivity index (χ4v) is 0.567. The van der Waals surface area contributed by atoms with Gasteiger partial charge in [0.2, 0.25) is 0 Å². The van der Waals surface area contributed by atoms with E-state index in [1.54, 1.807) is 0 Å². The van der Waals surface area contributed by atoms with Crippen molar-refractivity contribution >= 4 is 63.7 Å². The quantitative estimate of drug-likeness (QED) is 0.647. The minimum atomic E-state index is -0.111. The van der Waals surface area contributed by atoms with Crippen LogP contribution in [0.2, 0.25) is 0 Å². The molecule has 0 aliphatic rings. The van der Waals surface area contributed by atoms with Crippen LogP contribution in [0.5, 0.6) is 0 Å². The minimum Gasteiger partial charge on any atom is -0.0740 e. The largest absolute Gasteiger partial charge is 0.103 e. The number of hydrogen-bond donors (Lipinski definition) is 0. The highest BCUT2D eigenvalue weighted by Crippen LogP contribution is 2.40. The first-order valence-electron chi connectivity index (χ1n) is 1.96. The van der Waals surface area contributed by atoms with Crippen LogP contribution >= 0.6 is 63.7 Å². The van der Waals surface area contributed by atoms with Gasteiger partial charge in [0.05, 0.1) is 3.74 Å². The van der Waals surface area contributed by atoms with Crippen molar-refractivity contribution < 1.29 is 0 Å². The third-order valence-electron chi connectivity index (χ3n) is 0.653. The van der Waals surface area contributed by atoms with Crippen LogP contribution in [0.25, 0.3) is 0 Å². The van der Waals surface area contributed by atoms with E-state index in [4.69, 9.17) is 0 Å². The number of halogens is 4. The van der Waals surface area contributed by atoms with Crippen molar-refractivity contribution in [1.29, 1.82) is 0 Å². The molecule has 1 radical (unpaired) electrons. The molecule has 0 heterocycles. The molecule has 0 rings (SSSR count). The molecule has 0 aliphatic carbocycles. The summed E-state index contributed by atoms with van der Waals surface area (Å²) in [6.45, 7) is 3.72. The summed E-state index contributed by atoms with van der Waals surface area (Å²) in [5.41, 5.74) is 0. The van der Waals surface area contributed by atoms with Crippen molar-refractivity contribution in [3.63, 3.8) is 0 Å². The standard InChI is InChI=1S/C4H5Br4/c1-2-4(7,8)3(5)6/h3H,1-2H2. The predicted molar refractivity (Wildman–Crippen MR) is 52.2 cm³/mol. The molecule has 0 aromatic rings. The molecule has 8 heavy (non-hydrogen) atoms. The predicted octanol–water partition coefficient (Wildman–Crippen LogP) is 3.81. The number of alkyl halides is 4. The molecule has 0 fully saturated rings. The van der Waals surface area contributed by atoms with Crippen molar-refractivity contribution in [2.75, 3.05) is 0 Å². The molecule has 0 amide bonds. The van der Waals surface area contributed by atoms with Gasteiger partial charge in [0.25, 0.3) is 0 Å². The fourth-order valence-electron chi connectivity index (χ4n) is 0.109. The lowest BCUT2D eigenvalue weighted by molar-refractivity contribution is 0.943. The lowest BCUT2D eigenvalue weighted by Crippen LogP contribution is -2.17. The molecule has 0 saturated carbocycles. The van der Waals surface area contributed by atoms with E-state index in [1.807, 2.05) is 0 Å². The molecule has 0 atom stereocenters. The van der Waals surface area contributed by atoms with Gasteiger partial charge >= 0.3 is 0 Å². The zero-order valence-electron chi connectivity index (χ0n) is 4.00. The van der Waals surface area contributed by atoms with E-state index in [0.717, 1.165) is 6.42 Å². The zero-order chi connectivity index (χ0) is 6.78. The maximum Gasteiger partial charge on any atom is 0.103 e. The second kappa shape index (κ2) is 3.94. The Hall–Kier alpha value is 1.92. The van der Waals surface area contributed by atoms with E-state index in [9.17, 15) is 0 Å². The molecule has 0 spiro atoms. The van der Waals surface area contributed by atoms with Crippen LogP contribution in [0.15, 0.2) is 0 Å². The molecule has 0 aromatic heterocycles. The normalized spacial score (nSPS) is 12.8. The summed E-state index contributed by atoms with van der Waals surface area (Å²) in [5.74, 6) is 0. The smallest absolute Gasteiger partial charge is 0.0740 e. The van der Waals surface area contributed by atoms with Gasteiger partial charge < -0.3 is 0 Å². The Kier molecular flexibility index (Phi) is 4.88. The molecule has 0 saturated heterocycles. The summed E-state index contributed by atoms with van der Waals surface area (Å²) < 4.78 is 0.0972. The number of hydrogen-bond acceptors (Lipinski definition) is 0. The maximum atomic E-state index is 3.72. The molecular formula is C4H5Br4. The van der Waals surface area contributed by atoms with Gasteiger partial charge in [0, 0.05) is 0 Å². The Bertz CT molecular complexity index is 68.4. The van der Waals surface area contributed by atoms with E-state index in [-0.39, 0.29) is 6.97 Å². The molecule has 0 bridgehead atoms. The highest BCUT2D eigenvalue weighted by atomic mass is 79.9. The Labute approximate surface area is 83.3 Å². The Morgan fingerprint density at radius 2 is 1.75 bits per heavy atom. The van der Waals surface area contributed by atoms with Gasteiger partial charge in [0.1, 0.15) is 3.23 Å². The molecule has 0 aliphatic heterocycles. The van der Waals surface area contributed by atoms with Crippen molar-refractivity contribution in [3.8, 4) is 0 Å². The molecular weight excluding hydrogens is 368 g/mol. The Morgan fingerprint density at radius 1 is 1.38 bits per heavy atom. The first kappa shape index (κ1) is 9.92. The lowest BCUT2D eigenvalue weighted by atomic mass is 10.4. The van der Waals surface area contributed by atoms with Gasteiger partial charge in [-0.1, -0.05) is 70.6 Å². The van der Waals surface area contributed by atoms with Crippen molar-refractivity contribution in [2.45, 2.75) is 13.4 Å². The van der Waals surface area contributed by atoms with Gasteiger partial charge in [0.15, 0.2) is 0 Å². The van der Waals surface area contributed by atoms with Gasteiger partial charge in [-0.2, -0.15) is 0 Å². The second-order valence-electron chi connectivity index (χ2n) is 1.31. The van der Waals surface area contributed by atoms with Crippen LogP contribution < -0.4 is 0 Å². The topological polar surface area (TPSA) is 0 Å². The Morgan fingerprint density at radius 3 is 1.75 bits per heavy atom. The molecule has 0 N–H and O–H groups in total. The SMILES string of the molecule is [CH2]CC(Br)(Br)C(Br)Br. The van der Waals surface area contributed by atoms with Crippen molar-refractivity contribution in [1.82, 2.24) is 0 Å². The summed E-state index contributed by atoms with van der Waals surface area (Å²) in [6, 6.07) is 0. The van der Waals surface area contributed by atoms with E-state index in [1.165, 1.54) is 0 Å². The van der Waals surface area contributed by atoms with Crippen molar-refractivity contribution in [2.24, 2.45) is 0 Å². The van der Waals surface area contributed by atoms with Crippen LogP contribution in [0.4, 0.5) is 0 Å². The first-order valence-corrected chi connectivity index (χ1v) is 5.37. The third-order valence-corrected chi connectivity index (χ3v) is 6.38. The van der Waals surface area contributed by atoms with E-state index >= 15 is 0 Å². The summed E-state index contributed by atoms with van der Waals surface area (Å²) in [4.78, 5) is 0. The third kappa shape index (κ3) is 3.18.